The number of hydrogen-bond donors (Lipinski definition) is 0. The molecule has 1 saturated carbocycles. The Morgan fingerprint density at radius 2 is 2.20 bits per heavy atom. The maximum atomic E-state index is 9.44. The third kappa shape index (κ3) is 0.504. The second-order valence-corrected chi connectivity index (χ2v) is 1.39. The van der Waals surface area contributed by atoms with Gasteiger partial charge < -0.3 is 0 Å². The van der Waals surface area contributed by atoms with Gasteiger partial charge in [-0.15, -0.1) is 0 Å². The molecule has 0 aromatic carbocycles. The van der Waals surface area contributed by atoms with Crippen molar-refractivity contribution in [2.75, 3.05) is 0 Å². The average Bonchev–Trinajstić information content (AvgIpc) is 2.12. The maximum absolute atomic E-state index is 9.44. The van der Waals surface area contributed by atoms with Gasteiger partial charge in [0, 0.05) is 0 Å². The molecule has 0 radical (unpaired) electrons. The summed E-state index contributed by atoms with van der Waals surface area (Å²) in [6.45, 7) is 0. The molecule has 26 valence electrons. The number of rotatable bonds is 0. The Bertz CT molecular complexity index is 66.2. The summed E-state index contributed by atoms with van der Waals surface area (Å²) in [5, 5.41) is 0. The van der Waals surface area contributed by atoms with Gasteiger partial charge in [0.15, 0.2) is 0 Å². The predicted molar refractivity (Wildman–Crippen MR) is 17.3 cm³/mol. The van der Waals surface area contributed by atoms with Crippen molar-refractivity contribution in [1.82, 2.24) is 0 Å². The van der Waals surface area contributed by atoms with Gasteiger partial charge in [-0.2, -0.15) is 0 Å². The molecule has 1 aliphatic carbocycles. The zero-order valence-electron chi connectivity index (χ0n) is 2.90. The second kappa shape index (κ2) is 0.852. The van der Waals surface area contributed by atoms with E-state index >= 15 is 0 Å². The van der Waals surface area contributed by atoms with Gasteiger partial charge in [0.05, 0.1) is 0 Å². The van der Waals surface area contributed by atoms with E-state index in [0.29, 0.717) is 5.92 Å². The zero-order chi connectivity index (χ0) is 3.70. The van der Waals surface area contributed by atoms with Crippen molar-refractivity contribution in [3.8, 4) is 6.15 Å². The van der Waals surface area contributed by atoms with E-state index < -0.39 is 0 Å². The van der Waals surface area contributed by atoms with Crippen molar-refractivity contribution in [2.24, 2.45) is 5.92 Å². The fourth-order valence-electron chi connectivity index (χ4n) is 0.201. The van der Waals surface area contributed by atoms with E-state index in [4.69, 9.17) is 0 Å². The van der Waals surface area contributed by atoms with E-state index in [1.165, 1.54) is 0 Å². The van der Waals surface area contributed by atoms with Crippen molar-refractivity contribution in [2.45, 2.75) is 12.8 Å². The molecule has 1 heteroatoms. The Labute approximate surface area is 30.7 Å². The third-order valence-corrected chi connectivity index (χ3v) is 0.744. The van der Waals surface area contributed by atoms with Crippen molar-refractivity contribution in [3.63, 3.8) is 0 Å². The molecule has 0 bridgehead atoms. The molecule has 0 heterocycles. The van der Waals surface area contributed by atoms with Crippen LogP contribution < -0.4 is 0 Å². The van der Waals surface area contributed by atoms with Gasteiger partial charge in [-0.25, -0.2) is 0 Å². The molecule has 1 rings (SSSR count). The van der Waals surface area contributed by atoms with Crippen molar-refractivity contribution in [1.29, 1.82) is 0 Å². The molecule has 0 spiro atoms. The van der Waals surface area contributed by atoms with Crippen LogP contribution >= 0.6 is 0 Å². The summed E-state index contributed by atoms with van der Waals surface area (Å²) in [5.74, 6) is 0.329. The molecule has 0 atom stereocenters. The summed E-state index contributed by atoms with van der Waals surface area (Å²) in [6.07, 6.45) is 4.06. The molecular formula is C4H5O+. The van der Waals surface area contributed by atoms with E-state index in [-0.39, 0.29) is 0 Å². The van der Waals surface area contributed by atoms with Crippen LogP contribution in [-0.2, 0) is 4.65 Å². The Balaban J connectivity index is 2.30. The van der Waals surface area contributed by atoms with Crippen LogP contribution in [0.3, 0.4) is 0 Å². The van der Waals surface area contributed by atoms with E-state index in [2.05, 4.69) is 0 Å². The van der Waals surface area contributed by atoms with Crippen LogP contribution in [0, 0.1) is 12.1 Å². The van der Waals surface area contributed by atoms with E-state index in [0.717, 1.165) is 12.8 Å². The van der Waals surface area contributed by atoms with Gasteiger partial charge in [0.1, 0.15) is 0 Å². The topological polar surface area (TPSA) is 19.9 Å². The molecule has 0 aliphatic heterocycles. The van der Waals surface area contributed by atoms with Gasteiger partial charge in [-0.05, 0) is 0 Å². The summed E-state index contributed by atoms with van der Waals surface area (Å²) in [4.78, 5) is 0. The minimum atomic E-state index is 0.329. The molecule has 0 aromatic rings. The Morgan fingerprint density at radius 1 is 1.60 bits per heavy atom. The fraction of sp³-hybridized carbons (Fsp3) is 0.750. The van der Waals surface area contributed by atoms with Crippen molar-refractivity contribution >= 4 is 0 Å². The first-order chi connectivity index (χ1) is 2.43. The zero-order valence-corrected chi connectivity index (χ0v) is 2.90. The van der Waals surface area contributed by atoms with Gasteiger partial charge in [0.2, 0.25) is 0 Å². The molecular weight excluding hydrogens is 64.0 g/mol. The second-order valence-electron chi connectivity index (χ2n) is 1.39. The molecule has 1 nitrogen and oxygen atoms in total. The predicted octanol–water partition coefficient (Wildman–Crippen LogP) is 0.786. The van der Waals surface area contributed by atoms with Crippen LogP contribution in [0.15, 0.2) is 0 Å². The minimum absolute atomic E-state index is 0.329. The summed E-state index contributed by atoms with van der Waals surface area (Å²) < 4.78 is 9.44. The molecule has 0 saturated heterocycles. The monoisotopic (exact) mass is 69.0 g/mol. The van der Waals surface area contributed by atoms with Crippen LogP contribution in [0.4, 0.5) is 0 Å². The van der Waals surface area contributed by atoms with Gasteiger partial charge in [-0.3, -0.25) is 0 Å². The van der Waals surface area contributed by atoms with Crippen molar-refractivity contribution < 1.29 is 4.65 Å². The van der Waals surface area contributed by atoms with Gasteiger partial charge in [0.25, 0.3) is 0 Å². The molecule has 5 heavy (non-hydrogen) atoms. The molecule has 0 N–H and O–H groups in total. The molecule has 0 amide bonds. The van der Waals surface area contributed by atoms with Crippen LogP contribution in [0.1, 0.15) is 12.8 Å². The van der Waals surface area contributed by atoms with Crippen LogP contribution in [0.5, 0.6) is 0 Å². The van der Waals surface area contributed by atoms with Crippen molar-refractivity contribution in [3.05, 3.63) is 0 Å². The molecule has 0 aromatic heterocycles. The fourth-order valence-corrected chi connectivity index (χ4v) is 0.201. The summed E-state index contributed by atoms with van der Waals surface area (Å²) in [5.41, 5.74) is 0. The van der Waals surface area contributed by atoms with Crippen LogP contribution in [0.2, 0.25) is 0 Å². The van der Waals surface area contributed by atoms with Crippen LogP contribution in [0.25, 0.3) is 0 Å². The van der Waals surface area contributed by atoms with Crippen LogP contribution in [-0.4, -0.2) is 0 Å². The van der Waals surface area contributed by atoms with Gasteiger partial charge in [-0.1, -0.05) is 0 Å². The summed E-state index contributed by atoms with van der Waals surface area (Å²) in [6, 6.07) is 0. The Kier molecular flexibility index (Phi) is 0.503. The molecule has 1 aliphatic rings. The first-order valence-corrected chi connectivity index (χ1v) is 1.81. The number of hydrogen-bond acceptors (Lipinski definition) is 0. The van der Waals surface area contributed by atoms with E-state index in [9.17, 15) is 4.65 Å². The average molecular weight is 69.1 g/mol. The van der Waals surface area contributed by atoms with E-state index in [1.807, 2.05) is 6.15 Å². The van der Waals surface area contributed by atoms with E-state index in [1.54, 1.807) is 0 Å². The standard InChI is InChI=1S/C4H5O/c5-3-4-1-2-4/h4H,1-2H2/q+1. The Morgan fingerprint density at radius 3 is 2.20 bits per heavy atom. The first-order valence-electron chi connectivity index (χ1n) is 1.81. The first kappa shape index (κ1) is 2.95. The van der Waals surface area contributed by atoms with Gasteiger partial charge >= 0.3 is 29.6 Å². The SMILES string of the molecule is [O+]#CC1CC1. The quantitative estimate of drug-likeness (QED) is 0.375. The normalized spacial score (nSPS) is 21.4. The molecule has 0 unspecified atom stereocenters. The Hall–Kier alpha value is -0.260. The summed E-state index contributed by atoms with van der Waals surface area (Å²) >= 11 is 0. The molecule has 1 fully saturated rings. The summed E-state index contributed by atoms with van der Waals surface area (Å²) in [7, 11) is 0. The third-order valence-electron chi connectivity index (χ3n) is 0.744.